The second-order valence-corrected chi connectivity index (χ2v) is 28.2. The minimum atomic E-state index is -1.20. The summed E-state index contributed by atoms with van der Waals surface area (Å²) in [5, 5.41) is 13.6. The predicted molar refractivity (Wildman–Crippen MR) is 332 cm³/mol. The Morgan fingerprint density at radius 1 is 0.874 bits per heavy atom. The molecule has 3 heterocycles. The number of aliphatic imine (C=N–C) groups is 1. The summed E-state index contributed by atoms with van der Waals surface area (Å²) in [4.78, 5) is 90.8. The number of imidazole rings is 1. The summed E-state index contributed by atoms with van der Waals surface area (Å²) in [6.07, 6.45) is 16.6. The number of hydrazone groups is 1. The normalized spacial score (nSPS) is 26.2. The van der Waals surface area contributed by atoms with Crippen LogP contribution < -0.4 is 22.2 Å². The summed E-state index contributed by atoms with van der Waals surface area (Å²) in [5.41, 5.74) is 7.88. The molecule has 2 aromatic heterocycles. The zero-order valence-electron chi connectivity index (χ0n) is 53.3. The van der Waals surface area contributed by atoms with Crippen molar-refractivity contribution in [3.05, 3.63) is 53.6 Å². The van der Waals surface area contributed by atoms with Crippen LogP contribution in [-0.4, -0.2) is 149 Å². The van der Waals surface area contributed by atoms with Gasteiger partial charge in [-0.1, -0.05) is 74.7 Å². The molecule has 6 N–H and O–H groups in total. The topological polar surface area (TPSA) is 268 Å². The van der Waals surface area contributed by atoms with E-state index in [1.54, 1.807) is 27.7 Å². The van der Waals surface area contributed by atoms with Crippen molar-refractivity contribution >= 4 is 53.1 Å². The molecule has 5 amide bonds. The Hall–Kier alpha value is -6.35. The summed E-state index contributed by atoms with van der Waals surface area (Å²) in [5.74, 6) is 7.36. The Balaban J connectivity index is 0.681. The quantitative estimate of drug-likeness (QED) is 0.0206. The number of hydrogen-bond acceptors (Lipinski definition) is 14. The second-order valence-electron chi connectivity index (χ2n) is 28.2. The van der Waals surface area contributed by atoms with Gasteiger partial charge >= 0.3 is 5.97 Å². The average Bonchev–Trinajstić information content (AvgIpc) is 1.73. The first-order valence-electron chi connectivity index (χ1n) is 32.0. The fraction of sp³-hybridized carbons (Fsp3) is 0.697. The van der Waals surface area contributed by atoms with Gasteiger partial charge in [-0.15, -0.1) is 0 Å². The number of halogens is 1. The van der Waals surface area contributed by atoms with E-state index in [9.17, 15) is 33.2 Å². The SMILES string of the molecule is CC(C)CCC[C@@H](C)[C@H]1CCC2C3CCC4C[C@@H](OC(=O)C[C@H](NC(=O)CCOCCOCCNC(=O)CN=C/C(=N\N)C(=O)N5CCN(C(=O)c6cn7nc(-c8ccc(F)cc8)cc(C(C)(C)C)c7n6)C(C)(C)C5)C(N)=O)CC[C@]4(C)C3CC[C@@]21C. The van der Waals surface area contributed by atoms with Gasteiger partial charge in [0.25, 0.3) is 11.8 Å². The van der Waals surface area contributed by atoms with Crippen molar-refractivity contribution in [2.45, 2.75) is 182 Å². The van der Waals surface area contributed by atoms with Gasteiger partial charge in [0.2, 0.25) is 17.7 Å². The van der Waals surface area contributed by atoms with Crippen molar-refractivity contribution in [2.24, 2.45) is 73.9 Å². The average molecular weight is 1210 g/mol. The highest BCUT2D eigenvalue weighted by molar-refractivity contribution is 6.60. The summed E-state index contributed by atoms with van der Waals surface area (Å²) in [7, 11) is 0. The van der Waals surface area contributed by atoms with Gasteiger partial charge in [0.05, 0.1) is 56.5 Å². The molecular formula is C66H98FN11O9. The highest BCUT2D eigenvalue weighted by Gasteiger charge is 2.61. The van der Waals surface area contributed by atoms with Crippen molar-refractivity contribution < 1.29 is 47.4 Å². The van der Waals surface area contributed by atoms with Gasteiger partial charge in [-0.25, -0.2) is 13.9 Å². The molecule has 4 aliphatic carbocycles. The molecule has 3 aromatic rings. The minimum Gasteiger partial charge on any atom is -0.462 e. The van der Waals surface area contributed by atoms with E-state index in [4.69, 9.17) is 35.9 Å². The molecule has 1 saturated heterocycles. The molecule has 21 heteroatoms. The fourth-order valence-electron chi connectivity index (χ4n) is 15.8. The van der Waals surface area contributed by atoms with Crippen LogP contribution in [0.2, 0.25) is 0 Å². The Labute approximate surface area is 513 Å². The van der Waals surface area contributed by atoms with Gasteiger partial charge in [-0.05, 0) is 160 Å². The van der Waals surface area contributed by atoms with Crippen LogP contribution in [0.1, 0.15) is 175 Å². The van der Waals surface area contributed by atoms with E-state index < -0.39 is 41.2 Å². The van der Waals surface area contributed by atoms with Crippen LogP contribution in [0.4, 0.5) is 4.39 Å². The summed E-state index contributed by atoms with van der Waals surface area (Å²) >= 11 is 0. The molecule has 1 aliphatic heterocycles. The number of carbonyl (C=O) groups excluding carboxylic acids is 6. The lowest BCUT2D eigenvalue weighted by atomic mass is 9.44. The van der Waals surface area contributed by atoms with E-state index in [-0.39, 0.29) is 112 Å². The van der Waals surface area contributed by atoms with E-state index in [2.05, 4.69) is 55.3 Å². The lowest BCUT2D eigenvalue weighted by Gasteiger charge is -2.61. The highest BCUT2D eigenvalue weighted by Crippen LogP contribution is 2.68. The van der Waals surface area contributed by atoms with Gasteiger partial charge in [-0.3, -0.25) is 33.8 Å². The van der Waals surface area contributed by atoms with Gasteiger partial charge in [0.1, 0.15) is 30.2 Å². The third kappa shape index (κ3) is 15.9. The molecule has 10 atom stereocenters. The van der Waals surface area contributed by atoms with Gasteiger partial charge in [0.15, 0.2) is 11.4 Å². The third-order valence-electron chi connectivity index (χ3n) is 20.4. The molecule has 0 spiro atoms. The number of nitrogens with zero attached hydrogens (tertiary/aromatic N) is 7. The molecule has 0 radical (unpaired) electrons. The standard InChI is InChI=1S/C66H98FN11O9/c1-41(2)12-11-13-42(3)48-20-21-49-47-19-16-44-34-46(22-25-65(44,9)50(47)23-26-66(48,49)10)87-58(81)36-53(59(68)82)72-56(79)24-30-85-32-33-86-31-27-71-57(80)38-70-37-54(74-69)61(83)76-28-29-77(64(7,8)40-76)62(84)55-39-78-60(73-55)51(63(4,5)6)35-52(75-78)43-14-17-45(67)18-15-43/h14-15,17-18,35,37,39,41-42,44,46-50,53H,11-13,16,19-34,36,38,40,69H2,1-10H3,(H2,68,82)(H,71,80)(H,72,79)/b70-37?,74-54+/t42-,44?,46+,47?,48-,49?,50?,53+,65+,66-/m1/s1. The first kappa shape index (κ1) is 66.6. The zero-order chi connectivity index (χ0) is 63.0. The number of aromatic nitrogens is 3. The number of nitrogens with two attached hydrogens (primary N) is 2. The van der Waals surface area contributed by atoms with E-state index >= 15 is 0 Å². The molecule has 0 bridgehead atoms. The van der Waals surface area contributed by atoms with E-state index in [0.29, 0.717) is 28.6 Å². The second kappa shape index (κ2) is 28.4. The lowest BCUT2D eigenvalue weighted by molar-refractivity contribution is -0.163. The Morgan fingerprint density at radius 3 is 2.28 bits per heavy atom. The van der Waals surface area contributed by atoms with E-state index in [0.717, 1.165) is 66.2 Å². The Bertz CT molecular complexity index is 2990. The van der Waals surface area contributed by atoms with Crippen molar-refractivity contribution in [2.75, 3.05) is 59.2 Å². The van der Waals surface area contributed by atoms with Gasteiger partial charge in [-0.2, -0.15) is 10.2 Å². The van der Waals surface area contributed by atoms with Crippen LogP contribution >= 0.6 is 0 Å². The number of hydrogen-bond donors (Lipinski definition) is 4. The number of ether oxygens (including phenoxy) is 3. The maximum absolute atomic E-state index is 14.1. The highest BCUT2D eigenvalue weighted by atomic mass is 19.1. The number of fused-ring (bicyclic) bond motifs is 6. The van der Waals surface area contributed by atoms with Crippen molar-refractivity contribution in [3.8, 4) is 11.3 Å². The number of esters is 1. The number of carbonyl (C=O) groups is 6. The van der Waals surface area contributed by atoms with Crippen LogP contribution in [0.15, 0.2) is 46.6 Å². The van der Waals surface area contributed by atoms with Gasteiger partial charge < -0.3 is 46.2 Å². The number of rotatable bonds is 25. The molecule has 4 unspecified atom stereocenters. The largest absolute Gasteiger partial charge is 0.462 e. The summed E-state index contributed by atoms with van der Waals surface area (Å²) < 4.78 is 32.4. The molecule has 1 aromatic carbocycles. The predicted octanol–water partition coefficient (Wildman–Crippen LogP) is 8.21. The molecular weight excluding hydrogens is 1110 g/mol. The van der Waals surface area contributed by atoms with Crippen LogP contribution in [0, 0.1) is 58.1 Å². The van der Waals surface area contributed by atoms with Crippen molar-refractivity contribution in [1.82, 2.24) is 35.0 Å². The lowest BCUT2D eigenvalue weighted by Crippen LogP contribution is -2.63. The number of benzene rings is 1. The molecule has 8 rings (SSSR count). The molecule has 5 fully saturated rings. The number of primary amides is 1. The monoisotopic (exact) mass is 1210 g/mol. The maximum Gasteiger partial charge on any atom is 0.308 e. The molecule has 87 heavy (non-hydrogen) atoms. The molecule has 5 aliphatic rings. The molecule has 4 saturated carbocycles. The number of amides is 5. The van der Waals surface area contributed by atoms with Crippen molar-refractivity contribution in [3.63, 3.8) is 0 Å². The summed E-state index contributed by atoms with van der Waals surface area (Å²) in [6, 6.07) is 6.77. The Kier molecular flexibility index (Phi) is 21.8. The number of piperazine rings is 1. The first-order chi connectivity index (χ1) is 41.2. The Morgan fingerprint density at radius 2 is 1.59 bits per heavy atom. The smallest absolute Gasteiger partial charge is 0.308 e. The van der Waals surface area contributed by atoms with Crippen LogP contribution in [-0.2, 0) is 43.6 Å². The fourth-order valence-corrected chi connectivity index (χ4v) is 15.8. The number of nitrogens with one attached hydrogen (secondary N) is 2. The third-order valence-corrected chi connectivity index (χ3v) is 20.4. The summed E-state index contributed by atoms with van der Waals surface area (Å²) in [6.45, 7) is 23.1. The van der Waals surface area contributed by atoms with E-state index in [1.807, 2.05) is 40.7 Å². The van der Waals surface area contributed by atoms with Gasteiger partial charge in [0, 0.05) is 43.7 Å². The van der Waals surface area contributed by atoms with Crippen LogP contribution in [0.5, 0.6) is 0 Å². The molecule has 478 valence electrons. The minimum absolute atomic E-state index is 0.0382. The van der Waals surface area contributed by atoms with Crippen LogP contribution in [0.25, 0.3) is 16.9 Å². The maximum atomic E-state index is 14.1. The molecule has 20 nitrogen and oxygen atoms in total. The first-order valence-corrected chi connectivity index (χ1v) is 32.0. The zero-order valence-corrected chi connectivity index (χ0v) is 53.3. The van der Waals surface area contributed by atoms with Crippen LogP contribution in [0.3, 0.4) is 0 Å². The van der Waals surface area contributed by atoms with Crippen molar-refractivity contribution in [1.29, 1.82) is 0 Å². The van der Waals surface area contributed by atoms with E-state index in [1.165, 1.54) is 74.8 Å².